The van der Waals surface area contributed by atoms with Crippen molar-refractivity contribution in [2.24, 2.45) is 5.92 Å². The molecule has 0 heterocycles. The molecule has 0 radical (unpaired) electrons. The molecule has 3 nitrogen and oxygen atoms in total. The molecule has 23 heavy (non-hydrogen) atoms. The molecule has 1 fully saturated rings. The zero-order valence-electron chi connectivity index (χ0n) is 14.7. The van der Waals surface area contributed by atoms with Gasteiger partial charge in [0.05, 0.1) is 11.5 Å². The van der Waals surface area contributed by atoms with Gasteiger partial charge in [0.25, 0.3) is 0 Å². The quantitative estimate of drug-likeness (QED) is 0.753. The fourth-order valence-electron chi connectivity index (χ4n) is 3.98. The maximum absolute atomic E-state index is 12.7. The number of carbonyl (C=O) groups is 1. The number of rotatable bonds is 5. The van der Waals surface area contributed by atoms with Gasteiger partial charge in [0.1, 0.15) is 0 Å². The van der Waals surface area contributed by atoms with E-state index in [1.165, 1.54) is 6.42 Å². The van der Waals surface area contributed by atoms with Crippen LogP contribution in [0.15, 0.2) is 6.07 Å². The molecule has 0 amide bonds. The Bertz CT molecular complexity index is 696. The summed E-state index contributed by atoms with van der Waals surface area (Å²) in [5.41, 5.74) is 4.23. The molecule has 0 saturated heterocycles. The number of ketones is 1. The second-order valence-corrected chi connectivity index (χ2v) is 9.21. The molecule has 0 unspecified atom stereocenters. The van der Waals surface area contributed by atoms with Crippen LogP contribution in [0.2, 0.25) is 0 Å². The first kappa shape index (κ1) is 18.2. The molecule has 128 valence electrons. The van der Waals surface area contributed by atoms with Gasteiger partial charge in [-0.2, -0.15) is 0 Å². The predicted octanol–water partition coefficient (Wildman–Crippen LogP) is 4.31. The third kappa shape index (κ3) is 4.43. The summed E-state index contributed by atoms with van der Waals surface area (Å²) in [4.78, 5) is 11.9. The number of aryl methyl sites for hydroxylation is 2. The molecule has 1 aliphatic rings. The molecule has 1 aromatic carbocycles. The Morgan fingerprint density at radius 2 is 1.70 bits per heavy atom. The normalized spacial score (nSPS) is 16.5. The highest BCUT2D eigenvalue weighted by Gasteiger charge is 2.24. The lowest BCUT2D eigenvalue weighted by Crippen LogP contribution is -2.21. The van der Waals surface area contributed by atoms with Crippen molar-refractivity contribution in [2.45, 2.75) is 65.6 Å². The van der Waals surface area contributed by atoms with E-state index in [9.17, 15) is 13.2 Å². The Morgan fingerprint density at radius 1 is 1.09 bits per heavy atom. The highest BCUT2D eigenvalue weighted by molar-refractivity contribution is 7.90. The van der Waals surface area contributed by atoms with Crippen LogP contribution in [0.1, 0.15) is 71.6 Å². The average molecular weight is 336 g/mol. The third-order valence-corrected chi connectivity index (χ3v) is 6.77. The van der Waals surface area contributed by atoms with Crippen molar-refractivity contribution in [2.75, 3.05) is 5.75 Å². The van der Waals surface area contributed by atoms with Gasteiger partial charge in [-0.3, -0.25) is 4.79 Å². The van der Waals surface area contributed by atoms with Gasteiger partial charge < -0.3 is 0 Å². The molecule has 1 aromatic rings. The summed E-state index contributed by atoms with van der Waals surface area (Å²) in [6.45, 7) is 7.28. The largest absolute Gasteiger partial charge is 0.294 e. The van der Waals surface area contributed by atoms with Crippen molar-refractivity contribution in [1.29, 1.82) is 0 Å². The van der Waals surface area contributed by atoms with Crippen molar-refractivity contribution < 1.29 is 13.2 Å². The second-order valence-electron chi connectivity index (χ2n) is 7.10. The lowest BCUT2D eigenvalue weighted by Gasteiger charge is -2.22. The van der Waals surface area contributed by atoms with E-state index >= 15 is 0 Å². The van der Waals surface area contributed by atoms with Crippen LogP contribution in [-0.2, 0) is 15.6 Å². The van der Waals surface area contributed by atoms with E-state index in [1.54, 1.807) is 6.92 Å². The SMILES string of the molecule is CC(=O)c1c(C)cc(C)c(CS(=O)(=O)CC2CCCCC2)c1C. The van der Waals surface area contributed by atoms with Crippen LogP contribution in [-0.4, -0.2) is 20.0 Å². The van der Waals surface area contributed by atoms with Crippen LogP contribution in [0.25, 0.3) is 0 Å². The van der Waals surface area contributed by atoms with Gasteiger partial charge in [-0.15, -0.1) is 0 Å². The van der Waals surface area contributed by atoms with Crippen molar-refractivity contribution >= 4 is 15.6 Å². The summed E-state index contributed by atoms with van der Waals surface area (Å²) in [6.07, 6.45) is 5.59. The predicted molar refractivity (Wildman–Crippen MR) is 94.7 cm³/mol. The van der Waals surface area contributed by atoms with Crippen LogP contribution >= 0.6 is 0 Å². The summed E-state index contributed by atoms with van der Waals surface area (Å²) in [5, 5.41) is 0. The molecule has 1 saturated carbocycles. The fraction of sp³-hybridized carbons (Fsp3) is 0.632. The Morgan fingerprint density at radius 3 is 2.26 bits per heavy atom. The molecule has 0 N–H and O–H groups in total. The molecule has 0 atom stereocenters. The molecule has 0 spiro atoms. The van der Waals surface area contributed by atoms with Crippen molar-refractivity contribution in [3.8, 4) is 0 Å². The topological polar surface area (TPSA) is 51.2 Å². The van der Waals surface area contributed by atoms with E-state index in [0.29, 0.717) is 11.5 Å². The Kier molecular flexibility index (Phi) is 5.66. The van der Waals surface area contributed by atoms with E-state index < -0.39 is 9.84 Å². The first-order valence-electron chi connectivity index (χ1n) is 8.52. The Hall–Kier alpha value is -1.16. The maximum atomic E-state index is 12.7. The summed E-state index contributed by atoms with van der Waals surface area (Å²) in [7, 11) is -3.15. The minimum absolute atomic E-state index is 0.00549. The Balaban J connectivity index is 2.28. The minimum Gasteiger partial charge on any atom is -0.294 e. The van der Waals surface area contributed by atoms with Gasteiger partial charge in [-0.25, -0.2) is 8.42 Å². The number of Topliss-reactive ketones (excluding diaryl/α,β-unsaturated/α-hetero) is 1. The van der Waals surface area contributed by atoms with Gasteiger partial charge in [-0.1, -0.05) is 25.3 Å². The van der Waals surface area contributed by atoms with E-state index in [1.807, 2.05) is 26.8 Å². The van der Waals surface area contributed by atoms with Gasteiger partial charge in [-0.05, 0) is 68.7 Å². The standard InChI is InChI=1S/C19H28O3S/c1-13-10-14(2)19(16(4)20)15(3)18(13)12-23(21,22)11-17-8-6-5-7-9-17/h10,17H,5-9,11-12H2,1-4H3. The van der Waals surface area contributed by atoms with Gasteiger partial charge in [0, 0.05) is 5.56 Å². The van der Waals surface area contributed by atoms with Crippen molar-refractivity contribution in [3.05, 3.63) is 33.9 Å². The monoisotopic (exact) mass is 336 g/mol. The van der Waals surface area contributed by atoms with Gasteiger partial charge in [0.15, 0.2) is 15.6 Å². The zero-order chi connectivity index (χ0) is 17.2. The van der Waals surface area contributed by atoms with Crippen LogP contribution in [0, 0.1) is 26.7 Å². The first-order valence-corrected chi connectivity index (χ1v) is 10.3. The van der Waals surface area contributed by atoms with Crippen molar-refractivity contribution in [1.82, 2.24) is 0 Å². The molecule has 4 heteroatoms. The lowest BCUT2D eigenvalue weighted by atomic mass is 9.91. The van der Waals surface area contributed by atoms with E-state index in [0.717, 1.165) is 47.9 Å². The van der Waals surface area contributed by atoms with Gasteiger partial charge >= 0.3 is 0 Å². The smallest absolute Gasteiger partial charge is 0.160 e. The second kappa shape index (κ2) is 7.16. The fourth-order valence-corrected chi connectivity index (χ4v) is 6.04. The van der Waals surface area contributed by atoms with Crippen LogP contribution in [0.5, 0.6) is 0 Å². The van der Waals surface area contributed by atoms with E-state index in [-0.39, 0.29) is 17.3 Å². The van der Waals surface area contributed by atoms with E-state index in [4.69, 9.17) is 0 Å². The number of sulfone groups is 1. The van der Waals surface area contributed by atoms with Crippen molar-refractivity contribution in [3.63, 3.8) is 0 Å². The number of benzene rings is 1. The van der Waals surface area contributed by atoms with Crippen LogP contribution in [0.4, 0.5) is 0 Å². The van der Waals surface area contributed by atoms with Gasteiger partial charge in [0.2, 0.25) is 0 Å². The highest BCUT2D eigenvalue weighted by atomic mass is 32.2. The van der Waals surface area contributed by atoms with Crippen LogP contribution < -0.4 is 0 Å². The number of hydrogen-bond donors (Lipinski definition) is 0. The third-order valence-electron chi connectivity index (χ3n) is 5.06. The summed E-state index contributed by atoms with van der Waals surface area (Å²) in [6, 6.07) is 1.94. The molecule has 2 rings (SSSR count). The highest BCUT2D eigenvalue weighted by Crippen LogP contribution is 2.28. The summed E-state index contributed by atoms with van der Waals surface area (Å²) >= 11 is 0. The molecule has 0 aromatic heterocycles. The summed E-state index contributed by atoms with van der Waals surface area (Å²) < 4.78 is 25.3. The lowest BCUT2D eigenvalue weighted by molar-refractivity contribution is 0.101. The maximum Gasteiger partial charge on any atom is 0.160 e. The first-order chi connectivity index (χ1) is 10.7. The minimum atomic E-state index is -3.15. The van der Waals surface area contributed by atoms with Crippen LogP contribution in [0.3, 0.4) is 0 Å². The summed E-state index contributed by atoms with van der Waals surface area (Å²) in [5.74, 6) is 0.662. The molecular weight excluding hydrogens is 308 g/mol. The number of hydrogen-bond acceptors (Lipinski definition) is 3. The molecule has 0 bridgehead atoms. The molecular formula is C19H28O3S. The zero-order valence-corrected chi connectivity index (χ0v) is 15.6. The molecule has 0 aliphatic heterocycles. The number of carbonyl (C=O) groups excluding carboxylic acids is 1. The molecule has 1 aliphatic carbocycles. The van der Waals surface area contributed by atoms with E-state index in [2.05, 4.69) is 0 Å². The average Bonchev–Trinajstić information content (AvgIpc) is 2.43. The Labute approximate surface area is 140 Å².